The van der Waals surface area contributed by atoms with Crippen LogP contribution in [0, 0.1) is 0 Å². The Kier molecular flexibility index (Phi) is 9.46. The van der Waals surface area contributed by atoms with Gasteiger partial charge in [-0.2, -0.15) is 0 Å². The summed E-state index contributed by atoms with van der Waals surface area (Å²) in [5.74, 6) is 1.76. The molecule has 4 nitrogen and oxygen atoms in total. The maximum Gasteiger partial charge on any atom is 0.164 e. The van der Waals surface area contributed by atoms with Crippen LogP contribution in [0.1, 0.15) is 0 Å². The highest BCUT2D eigenvalue weighted by Crippen LogP contribution is 2.42. The molecular weight excluding hydrogens is 791 g/mol. The summed E-state index contributed by atoms with van der Waals surface area (Å²) >= 11 is 0. The first kappa shape index (κ1) is 38.0. The van der Waals surface area contributed by atoms with E-state index in [1.165, 1.54) is 33.0 Å². The standard InChI is InChI=1S/C61H39N3O/c1-4-15-40(16-5-1)42-29-31-44(32-30-42)47-22-12-23-49(37-47)60-62-59(46-35-33-43(34-36-46)41-17-6-2-7-18-41)63-61(64-60)54-27-14-28-56-57(54)53-26-13-25-52(58(53)65-56)50-38-48-21-10-11-24-51(48)55(39-50)45-19-8-3-9-20-45/h1-39H. The Morgan fingerprint density at radius 3 is 1.43 bits per heavy atom. The summed E-state index contributed by atoms with van der Waals surface area (Å²) in [6.07, 6.45) is 0. The Bertz CT molecular complexity index is 3670. The van der Waals surface area contributed by atoms with Gasteiger partial charge in [0.2, 0.25) is 0 Å². The van der Waals surface area contributed by atoms with Crippen LogP contribution in [-0.2, 0) is 0 Å². The van der Waals surface area contributed by atoms with Crippen molar-refractivity contribution in [1.29, 1.82) is 0 Å². The fourth-order valence-electron chi connectivity index (χ4n) is 9.10. The Balaban J connectivity index is 1.01. The van der Waals surface area contributed by atoms with Gasteiger partial charge < -0.3 is 4.42 Å². The second kappa shape index (κ2) is 16.2. The van der Waals surface area contributed by atoms with Crippen LogP contribution < -0.4 is 0 Å². The summed E-state index contributed by atoms with van der Waals surface area (Å²) in [6.45, 7) is 0. The number of aromatic nitrogens is 3. The minimum Gasteiger partial charge on any atom is -0.455 e. The van der Waals surface area contributed by atoms with Gasteiger partial charge in [-0.15, -0.1) is 0 Å². The molecular formula is C61H39N3O. The minimum absolute atomic E-state index is 0.575. The molecule has 0 saturated heterocycles. The summed E-state index contributed by atoms with van der Waals surface area (Å²) in [7, 11) is 0. The van der Waals surface area contributed by atoms with Crippen LogP contribution in [0.3, 0.4) is 0 Å². The number of hydrogen-bond donors (Lipinski definition) is 0. The van der Waals surface area contributed by atoms with Gasteiger partial charge in [-0.3, -0.25) is 0 Å². The Hall–Kier alpha value is -8.73. The predicted octanol–water partition coefficient (Wildman–Crippen LogP) is 16.3. The fraction of sp³-hybridized carbons (Fsp3) is 0. The van der Waals surface area contributed by atoms with Crippen LogP contribution in [0.5, 0.6) is 0 Å². The van der Waals surface area contributed by atoms with Crippen molar-refractivity contribution >= 4 is 32.7 Å². The normalized spacial score (nSPS) is 11.4. The topological polar surface area (TPSA) is 51.8 Å². The summed E-state index contributed by atoms with van der Waals surface area (Å²) in [5, 5.41) is 4.35. The maximum atomic E-state index is 6.87. The maximum absolute atomic E-state index is 6.87. The average molecular weight is 830 g/mol. The van der Waals surface area contributed by atoms with Gasteiger partial charge in [-0.1, -0.05) is 212 Å². The third kappa shape index (κ3) is 7.13. The number of rotatable bonds is 8. The van der Waals surface area contributed by atoms with Crippen molar-refractivity contribution in [3.8, 4) is 89.8 Å². The van der Waals surface area contributed by atoms with Crippen LogP contribution >= 0.6 is 0 Å². The number of para-hydroxylation sites is 1. The molecule has 0 atom stereocenters. The van der Waals surface area contributed by atoms with Gasteiger partial charge >= 0.3 is 0 Å². The Labute approximate surface area is 376 Å². The number of hydrogen-bond acceptors (Lipinski definition) is 4. The van der Waals surface area contributed by atoms with Crippen molar-refractivity contribution < 1.29 is 4.42 Å². The monoisotopic (exact) mass is 829 g/mol. The van der Waals surface area contributed by atoms with Crippen LogP contribution in [0.2, 0.25) is 0 Å². The lowest BCUT2D eigenvalue weighted by Crippen LogP contribution is -2.00. The van der Waals surface area contributed by atoms with Gasteiger partial charge in [0.25, 0.3) is 0 Å². The van der Waals surface area contributed by atoms with E-state index in [4.69, 9.17) is 19.4 Å². The molecule has 4 heteroatoms. The second-order valence-corrected chi connectivity index (χ2v) is 16.3. The SMILES string of the molecule is c1ccc(-c2ccc(-c3cccc(-c4nc(-c5ccc(-c6ccccc6)cc5)nc(-c5cccc6oc7c(-c8cc(-c9ccccc9)c9ccccc9c8)cccc7c56)n4)c3)cc2)cc1. The first-order valence-electron chi connectivity index (χ1n) is 21.9. The molecule has 0 aliphatic carbocycles. The number of nitrogens with zero attached hydrogens (tertiary/aromatic N) is 3. The van der Waals surface area contributed by atoms with E-state index in [0.717, 1.165) is 72.0 Å². The van der Waals surface area contributed by atoms with Crippen LogP contribution in [0.15, 0.2) is 241 Å². The van der Waals surface area contributed by atoms with Gasteiger partial charge in [0, 0.05) is 33.0 Å². The smallest absolute Gasteiger partial charge is 0.164 e. The van der Waals surface area contributed by atoms with E-state index in [0.29, 0.717) is 17.5 Å². The number of fused-ring (bicyclic) bond motifs is 4. The first-order valence-corrected chi connectivity index (χ1v) is 21.9. The molecule has 0 aliphatic heterocycles. The van der Waals surface area contributed by atoms with Gasteiger partial charge in [-0.05, 0) is 85.1 Å². The molecule has 304 valence electrons. The zero-order chi connectivity index (χ0) is 43.1. The Morgan fingerprint density at radius 1 is 0.262 bits per heavy atom. The van der Waals surface area contributed by atoms with Crippen molar-refractivity contribution in [2.45, 2.75) is 0 Å². The molecule has 0 fully saturated rings. The van der Waals surface area contributed by atoms with Crippen molar-refractivity contribution in [3.05, 3.63) is 237 Å². The second-order valence-electron chi connectivity index (χ2n) is 16.3. The van der Waals surface area contributed by atoms with Gasteiger partial charge in [0.05, 0.1) is 0 Å². The molecule has 2 aromatic heterocycles. The summed E-state index contributed by atoms with van der Waals surface area (Å²) in [5.41, 5.74) is 15.6. The molecule has 65 heavy (non-hydrogen) atoms. The summed E-state index contributed by atoms with van der Waals surface area (Å²) in [4.78, 5) is 15.7. The quantitative estimate of drug-likeness (QED) is 0.153. The molecule has 0 radical (unpaired) electrons. The molecule has 0 N–H and O–H groups in total. The fourth-order valence-corrected chi connectivity index (χ4v) is 9.10. The van der Waals surface area contributed by atoms with Gasteiger partial charge in [-0.25, -0.2) is 15.0 Å². The summed E-state index contributed by atoms with van der Waals surface area (Å²) in [6, 6.07) is 82.9. The first-order chi connectivity index (χ1) is 32.2. The highest BCUT2D eigenvalue weighted by atomic mass is 16.3. The molecule has 12 rings (SSSR count). The number of benzene rings is 10. The molecule has 0 spiro atoms. The van der Waals surface area contributed by atoms with Crippen LogP contribution in [0.25, 0.3) is 123 Å². The van der Waals surface area contributed by atoms with Crippen molar-refractivity contribution in [2.24, 2.45) is 0 Å². The zero-order valence-corrected chi connectivity index (χ0v) is 35.3. The van der Waals surface area contributed by atoms with E-state index in [2.05, 4.69) is 212 Å². The summed E-state index contributed by atoms with van der Waals surface area (Å²) < 4.78 is 6.87. The Morgan fingerprint density at radius 2 is 0.738 bits per heavy atom. The van der Waals surface area contributed by atoms with E-state index in [1.54, 1.807) is 0 Å². The van der Waals surface area contributed by atoms with E-state index in [1.807, 2.05) is 24.3 Å². The highest BCUT2D eigenvalue weighted by Gasteiger charge is 2.21. The molecule has 0 saturated carbocycles. The zero-order valence-electron chi connectivity index (χ0n) is 35.3. The lowest BCUT2D eigenvalue weighted by atomic mass is 9.92. The molecule has 12 aromatic rings. The molecule has 0 aliphatic rings. The predicted molar refractivity (Wildman–Crippen MR) is 268 cm³/mol. The molecule has 0 unspecified atom stereocenters. The lowest BCUT2D eigenvalue weighted by molar-refractivity contribution is 0.670. The van der Waals surface area contributed by atoms with Crippen molar-refractivity contribution in [3.63, 3.8) is 0 Å². The van der Waals surface area contributed by atoms with E-state index in [9.17, 15) is 0 Å². The lowest BCUT2D eigenvalue weighted by Gasteiger charge is -2.12. The van der Waals surface area contributed by atoms with Crippen molar-refractivity contribution in [1.82, 2.24) is 15.0 Å². The average Bonchev–Trinajstić information content (AvgIpc) is 3.79. The van der Waals surface area contributed by atoms with Gasteiger partial charge in [0.1, 0.15) is 11.2 Å². The third-order valence-corrected chi connectivity index (χ3v) is 12.4. The van der Waals surface area contributed by atoms with Crippen LogP contribution in [-0.4, -0.2) is 15.0 Å². The number of furan rings is 1. The molecule has 0 bridgehead atoms. The molecule has 0 amide bonds. The largest absolute Gasteiger partial charge is 0.455 e. The minimum atomic E-state index is 0.575. The van der Waals surface area contributed by atoms with E-state index < -0.39 is 0 Å². The molecule has 2 heterocycles. The highest BCUT2D eigenvalue weighted by molar-refractivity contribution is 6.15. The van der Waals surface area contributed by atoms with Crippen molar-refractivity contribution in [2.75, 3.05) is 0 Å². The van der Waals surface area contributed by atoms with E-state index in [-0.39, 0.29) is 0 Å². The third-order valence-electron chi connectivity index (χ3n) is 12.4. The molecule has 10 aromatic carbocycles. The van der Waals surface area contributed by atoms with E-state index >= 15 is 0 Å². The van der Waals surface area contributed by atoms with Crippen LogP contribution in [0.4, 0.5) is 0 Å². The van der Waals surface area contributed by atoms with Gasteiger partial charge in [0.15, 0.2) is 17.5 Å².